The number of carbonyl (C=O) groups excluding carboxylic acids is 1. The number of halogens is 1. The highest BCUT2D eigenvalue weighted by Crippen LogP contribution is 2.68. The van der Waals surface area contributed by atoms with Gasteiger partial charge in [-0.15, -0.1) is 0 Å². The molecule has 5 rings (SSSR count). The van der Waals surface area contributed by atoms with Gasteiger partial charge in [-0.2, -0.15) is 4.39 Å². The van der Waals surface area contributed by atoms with Gasteiger partial charge in [-0.3, -0.25) is 4.79 Å². The molecule has 1 N–H and O–H groups in total. The van der Waals surface area contributed by atoms with Crippen molar-refractivity contribution >= 4 is 5.78 Å². The number of carbonyl (C=O) groups is 1. The standard InChI is InChI=1S/C26H39FN2O3/c1-24-10-11-26(31,15-32-3)12-17(24)4-5-18-19-6-7-21(25(19,2)9-8-20(18)24)22(30)13-29-14-23(27)28-16-29/h14,16-21,31H,4-13,15H2,1-3H3/t17-,18-,19-,20-,21-,24-,25-,26+/m0/s1. The maximum Gasteiger partial charge on any atom is 0.230 e. The second kappa shape index (κ2) is 7.90. The van der Waals surface area contributed by atoms with E-state index in [-0.39, 0.29) is 23.7 Å². The number of hydrogen-bond donors (Lipinski definition) is 1. The van der Waals surface area contributed by atoms with Crippen molar-refractivity contribution in [1.82, 2.24) is 9.55 Å². The molecule has 0 bridgehead atoms. The first-order chi connectivity index (χ1) is 15.2. The maximum atomic E-state index is 13.3. The highest BCUT2D eigenvalue weighted by Gasteiger charge is 2.62. The van der Waals surface area contributed by atoms with Crippen LogP contribution >= 0.6 is 0 Å². The van der Waals surface area contributed by atoms with Crippen LogP contribution in [0.3, 0.4) is 0 Å². The van der Waals surface area contributed by atoms with Gasteiger partial charge < -0.3 is 14.4 Å². The average Bonchev–Trinajstić information content (AvgIpc) is 3.31. The number of aliphatic hydroxyl groups is 1. The summed E-state index contributed by atoms with van der Waals surface area (Å²) in [6.07, 6.45) is 12.3. The molecule has 0 spiro atoms. The van der Waals surface area contributed by atoms with Crippen LogP contribution in [0.25, 0.3) is 0 Å². The van der Waals surface area contributed by atoms with E-state index >= 15 is 0 Å². The summed E-state index contributed by atoms with van der Waals surface area (Å²) in [5.74, 6) is 2.35. The molecular weight excluding hydrogens is 407 g/mol. The number of aromatic nitrogens is 2. The summed E-state index contributed by atoms with van der Waals surface area (Å²) in [6.45, 7) is 5.54. The van der Waals surface area contributed by atoms with Crippen LogP contribution in [0.2, 0.25) is 0 Å². The minimum absolute atomic E-state index is 0.0615. The van der Waals surface area contributed by atoms with Crippen LogP contribution in [0, 0.1) is 46.4 Å². The molecule has 1 aromatic rings. The molecule has 0 aliphatic heterocycles. The first-order valence-corrected chi connectivity index (χ1v) is 12.6. The third kappa shape index (κ3) is 3.48. The van der Waals surface area contributed by atoms with E-state index in [1.54, 1.807) is 11.7 Å². The lowest BCUT2D eigenvalue weighted by Gasteiger charge is -2.62. The Hall–Kier alpha value is -1.27. The van der Waals surface area contributed by atoms with E-state index in [0.29, 0.717) is 35.7 Å². The van der Waals surface area contributed by atoms with Crippen LogP contribution in [0.15, 0.2) is 12.5 Å². The Kier molecular flexibility index (Phi) is 5.56. The first kappa shape index (κ1) is 22.5. The lowest BCUT2D eigenvalue weighted by Crippen LogP contribution is -2.56. The van der Waals surface area contributed by atoms with Gasteiger partial charge >= 0.3 is 0 Å². The fourth-order valence-corrected chi connectivity index (χ4v) is 8.96. The molecule has 0 radical (unpaired) electrons. The van der Waals surface area contributed by atoms with Gasteiger partial charge in [-0.25, -0.2) is 4.98 Å². The summed E-state index contributed by atoms with van der Waals surface area (Å²) in [6, 6.07) is 0. The van der Waals surface area contributed by atoms with E-state index in [1.807, 2.05) is 0 Å². The van der Waals surface area contributed by atoms with Crippen molar-refractivity contribution in [2.24, 2.45) is 40.4 Å². The van der Waals surface area contributed by atoms with Gasteiger partial charge in [0.05, 0.1) is 31.3 Å². The third-order valence-electron chi connectivity index (χ3n) is 10.6. The zero-order chi connectivity index (χ0) is 22.7. The predicted octanol–water partition coefficient (Wildman–Crippen LogP) is 4.63. The van der Waals surface area contributed by atoms with Crippen molar-refractivity contribution in [1.29, 1.82) is 0 Å². The molecule has 0 unspecified atom stereocenters. The molecule has 1 heterocycles. The molecule has 4 saturated carbocycles. The zero-order valence-corrected chi connectivity index (χ0v) is 19.9. The lowest BCUT2D eigenvalue weighted by atomic mass is 9.44. The molecule has 0 amide bonds. The summed E-state index contributed by atoms with van der Waals surface area (Å²) >= 11 is 0. The van der Waals surface area contributed by atoms with Gasteiger partial charge in [0.15, 0.2) is 5.78 Å². The number of imidazole rings is 1. The summed E-state index contributed by atoms with van der Waals surface area (Å²) < 4.78 is 20.2. The van der Waals surface area contributed by atoms with E-state index in [4.69, 9.17) is 4.74 Å². The van der Waals surface area contributed by atoms with Gasteiger partial charge in [0.2, 0.25) is 5.95 Å². The van der Waals surface area contributed by atoms with Crippen molar-refractivity contribution in [2.75, 3.05) is 13.7 Å². The molecule has 0 aromatic carbocycles. The van der Waals surface area contributed by atoms with Crippen molar-refractivity contribution in [3.8, 4) is 0 Å². The first-order valence-electron chi connectivity index (χ1n) is 12.6. The van der Waals surface area contributed by atoms with Crippen LogP contribution in [-0.4, -0.2) is 39.8 Å². The number of ether oxygens (including phenoxy) is 1. The molecule has 1 aromatic heterocycles. The van der Waals surface area contributed by atoms with Crippen molar-refractivity contribution < 1.29 is 19.0 Å². The van der Waals surface area contributed by atoms with Gasteiger partial charge in [0.1, 0.15) is 0 Å². The highest BCUT2D eigenvalue weighted by molar-refractivity contribution is 5.82. The number of nitrogens with zero attached hydrogens (tertiary/aromatic N) is 2. The number of ketones is 1. The average molecular weight is 447 g/mol. The molecule has 8 atom stereocenters. The minimum Gasteiger partial charge on any atom is -0.387 e. The Balaban J connectivity index is 1.32. The quantitative estimate of drug-likeness (QED) is 0.716. The molecule has 5 nitrogen and oxygen atoms in total. The van der Waals surface area contributed by atoms with Crippen LogP contribution in [0.1, 0.15) is 71.6 Å². The SMILES string of the molecule is COC[C@@]1(O)CC[C@@]2(C)[C@@H](CC[C@@H]3[C@@H]2CC[C@]2(C)[C@H](C(=O)Cn4cnc(F)c4)CC[C@@H]32)C1. The topological polar surface area (TPSA) is 64.3 Å². The van der Waals surface area contributed by atoms with Crippen molar-refractivity contribution in [3.05, 3.63) is 18.5 Å². The van der Waals surface area contributed by atoms with Crippen LogP contribution < -0.4 is 0 Å². The number of Topliss-reactive ketones (excluding diaryl/α,β-unsaturated/α-hetero) is 1. The molecule has 0 saturated heterocycles. The smallest absolute Gasteiger partial charge is 0.230 e. The fraction of sp³-hybridized carbons (Fsp3) is 0.846. The zero-order valence-electron chi connectivity index (χ0n) is 19.9. The highest BCUT2D eigenvalue weighted by atomic mass is 19.1. The molecule has 4 aliphatic rings. The predicted molar refractivity (Wildman–Crippen MR) is 119 cm³/mol. The number of fused-ring (bicyclic) bond motifs is 5. The van der Waals surface area contributed by atoms with Crippen LogP contribution in [-0.2, 0) is 16.1 Å². The molecule has 178 valence electrons. The Labute approximate surface area is 191 Å². The number of hydrogen-bond acceptors (Lipinski definition) is 4. The van der Waals surface area contributed by atoms with E-state index in [1.165, 1.54) is 31.8 Å². The van der Waals surface area contributed by atoms with Crippen LogP contribution in [0.4, 0.5) is 4.39 Å². The Bertz CT molecular complexity index is 873. The molecule has 4 aliphatic carbocycles. The largest absolute Gasteiger partial charge is 0.387 e. The van der Waals surface area contributed by atoms with Crippen LogP contribution in [0.5, 0.6) is 0 Å². The van der Waals surface area contributed by atoms with Gasteiger partial charge in [-0.05, 0) is 92.3 Å². The Morgan fingerprint density at radius 3 is 2.66 bits per heavy atom. The second-order valence-corrected chi connectivity index (χ2v) is 12.0. The normalized spacial score (nSPS) is 45.7. The van der Waals surface area contributed by atoms with Crippen molar-refractivity contribution in [2.45, 2.75) is 83.8 Å². The van der Waals surface area contributed by atoms with Gasteiger partial charge in [0, 0.05) is 13.0 Å². The maximum absolute atomic E-state index is 13.3. The monoisotopic (exact) mass is 446 g/mol. The van der Waals surface area contributed by atoms with E-state index < -0.39 is 11.5 Å². The van der Waals surface area contributed by atoms with Gasteiger partial charge in [0.25, 0.3) is 0 Å². The Morgan fingerprint density at radius 1 is 1.16 bits per heavy atom. The van der Waals surface area contributed by atoms with Gasteiger partial charge in [-0.1, -0.05) is 13.8 Å². The van der Waals surface area contributed by atoms with Crippen molar-refractivity contribution in [3.63, 3.8) is 0 Å². The fourth-order valence-electron chi connectivity index (χ4n) is 8.96. The summed E-state index contributed by atoms with van der Waals surface area (Å²) in [5, 5.41) is 11.0. The Morgan fingerprint density at radius 2 is 1.94 bits per heavy atom. The number of rotatable bonds is 5. The third-order valence-corrected chi connectivity index (χ3v) is 10.6. The lowest BCUT2D eigenvalue weighted by molar-refractivity contribution is -0.164. The summed E-state index contributed by atoms with van der Waals surface area (Å²) in [4.78, 5) is 16.9. The molecule has 6 heteroatoms. The summed E-state index contributed by atoms with van der Waals surface area (Å²) in [7, 11) is 1.69. The molecular formula is C26H39FN2O3. The minimum atomic E-state index is -0.660. The second-order valence-electron chi connectivity index (χ2n) is 12.0. The molecule has 4 fully saturated rings. The van der Waals surface area contributed by atoms with E-state index in [9.17, 15) is 14.3 Å². The van der Waals surface area contributed by atoms with E-state index in [0.717, 1.165) is 38.5 Å². The summed E-state index contributed by atoms with van der Waals surface area (Å²) in [5.41, 5.74) is -0.306. The molecule has 32 heavy (non-hydrogen) atoms. The number of methoxy groups -OCH3 is 1. The van der Waals surface area contributed by atoms with E-state index in [2.05, 4.69) is 18.8 Å².